The molecule has 1 aliphatic rings. The molecular weight excluding hydrogens is 214 g/mol. The number of aromatic nitrogens is 2. The van der Waals surface area contributed by atoms with Gasteiger partial charge in [-0.3, -0.25) is 0 Å². The Labute approximate surface area is 103 Å². The maximum Gasteiger partial charge on any atom is 0.226 e. The lowest BCUT2D eigenvalue weighted by Crippen LogP contribution is -1.98. The standard InChI is InChI=1S/C13H23N3O/c1-13(2)9-10(13)12-15-11(17-16-12)7-5-3-4-6-8-14/h10H,3-9,14H2,1-2H3. The van der Waals surface area contributed by atoms with Gasteiger partial charge in [-0.25, -0.2) is 0 Å². The van der Waals surface area contributed by atoms with Crippen LogP contribution in [0.2, 0.25) is 0 Å². The van der Waals surface area contributed by atoms with E-state index in [4.69, 9.17) is 10.3 Å². The zero-order chi connectivity index (χ0) is 12.3. The Morgan fingerprint density at radius 2 is 2.00 bits per heavy atom. The minimum absolute atomic E-state index is 0.377. The number of nitrogens with two attached hydrogens (primary N) is 1. The van der Waals surface area contributed by atoms with E-state index < -0.39 is 0 Å². The van der Waals surface area contributed by atoms with Gasteiger partial charge in [0, 0.05) is 12.3 Å². The Bertz CT molecular complexity index is 359. The molecule has 0 aromatic carbocycles. The van der Waals surface area contributed by atoms with Gasteiger partial charge in [0.05, 0.1) is 0 Å². The molecule has 0 aliphatic heterocycles. The van der Waals surface area contributed by atoms with Gasteiger partial charge in [-0.2, -0.15) is 4.98 Å². The second-order valence-electron chi connectivity index (χ2n) is 5.74. The highest BCUT2D eigenvalue weighted by Gasteiger charge is 2.49. The van der Waals surface area contributed by atoms with E-state index in [0.29, 0.717) is 11.3 Å². The summed E-state index contributed by atoms with van der Waals surface area (Å²) >= 11 is 0. The van der Waals surface area contributed by atoms with Crippen molar-refractivity contribution in [3.8, 4) is 0 Å². The van der Waals surface area contributed by atoms with Crippen LogP contribution in [0.4, 0.5) is 0 Å². The van der Waals surface area contributed by atoms with Gasteiger partial charge in [-0.15, -0.1) is 0 Å². The predicted octanol–water partition coefficient (Wildman–Crippen LogP) is 2.64. The second-order valence-corrected chi connectivity index (χ2v) is 5.74. The number of hydrogen-bond donors (Lipinski definition) is 1. The molecule has 4 nitrogen and oxygen atoms in total. The topological polar surface area (TPSA) is 64.9 Å². The lowest BCUT2D eigenvalue weighted by molar-refractivity contribution is 0.367. The average molecular weight is 237 g/mol. The summed E-state index contributed by atoms with van der Waals surface area (Å²) in [5.41, 5.74) is 5.83. The van der Waals surface area contributed by atoms with Crippen LogP contribution in [0.1, 0.15) is 63.6 Å². The summed E-state index contributed by atoms with van der Waals surface area (Å²) in [5, 5.41) is 4.08. The summed E-state index contributed by atoms with van der Waals surface area (Å²) in [5.74, 6) is 2.22. The Morgan fingerprint density at radius 1 is 1.29 bits per heavy atom. The molecule has 2 N–H and O–H groups in total. The van der Waals surface area contributed by atoms with E-state index in [1.807, 2.05) is 0 Å². The van der Waals surface area contributed by atoms with E-state index in [1.54, 1.807) is 0 Å². The molecule has 4 heteroatoms. The van der Waals surface area contributed by atoms with Crippen molar-refractivity contribution in [1.29, 1.82) is 0 Å². The molecule has 1 atom stereocenters. The number of unbranched alkanes of at least 4 members (excludes halogenated alkanes) is 3. The van der Waals surface area contributed by atoms with Crippen molar-refractivity contribution in [3.05, 3.63) is 11.7 Å². The zero-order valence-corrected chi connectivity index (χ0v) is 10.9. The highest BCUT2D eigenvalue weighted by molar-refractivity contribution is 5.14. The van der Waals surface area contributed by atoms with Gasteiger partial charge < -0.3 is 10.3 Å². The van der Waals surface area contributed by atoms with Crippen molar-refractivity contribution >= 4 is 0 Å². The fraction of sp³-hybridized carbons (Fsp3) is 0.846. The molecule has 0 bridgehead atoms. The normalized spacial score (nSPS) is 21.7. The van der Waals surface area contributed by atoms with E-state index in [-0.39, 0.29) is 0 Å². The van der Waals surface area contributed by atoms with Crippen LogP contribution in [0.3, 0.4) is 0 Å². The van der Waals surface area contributed by atoms with Crippen molar-refractivity contribution in [2.75, 3.05) is 6.54 Å². The van der Waals surface area contributed by atoms with Crippen LogP contribution in [-0.2, 0) is 6.42 Å². The number of rotatable bonds is 7. The van der Waals surface area contributed by atoms with Crippen LogP contribution < -0.4 is 5.73 Å². The van der Waals surface area contributed by atoms with Crippen molar-refractivity contribution in [3.63, 3.8) is 0 Å². The van der Waals surface area contributed by atoms with E-state index in [9.17, 15) is 0 Å². The van der Waals surface area contributed by atoms with Gasteiger partial charge in [0.1, 0.15) is 0 Å². The summed E-state index contributed by atoms with van der Waals surface area (Å²) in [6.45, 7) is 5.29. The molecule has 0 saturated heterocycles. The monoisotopic (exact) mass is 237 g/mol. The van der Waals surface area contributed by atoms with E-state index in [2.05, 4.69) is 24.0 Å². The highest BCUT2D eigenvalue weighted by Crippen LogP contribution is 2.57. The Hall–Kier alpha value is -0.900. The first-order chi connectivity index (χ1) is 8.13. The third kappa shape index (κ3) is 3.28. The Balaban J connectivity index is 1.72. The zero-order valence-electron chi connectivity index (χ0n) is 10.9. The maximum absolute atomic E-state index is 5.45. The number of aryl methyl sites for hydroxylation is 1. The fourth-order valence-electron chi connectivity index (χ4n) is 2.19. The van der Waals surface area contributed by atoms with Gasteiger partial charge >= 0.3 is 0 Å². The maximum atomic E-state index is 5.45. The molecule has 0 radical (unpaired) electrons. The van der Waals surface area contributed by atoms with Gasteiger partial charge in [0.25, 0.3) is 0 Å². The van der Waals surface area contributed by atoms with Crippen LogP contribution in [-0.4, -0.2) is 16.7 Å². The molecule has 2 rings (SSSR count). The third-order valence-electron chi connectivity index (χ3n) is 3.65. The molecule has 1 aliphatic carbocycles. The van der Waals surface area contributed by atoms with Gasteiger partial charge in [-0.1, -0.05) is 31.8 Å². The quantitative estimate of drug-likeness (QED) is 0.740. The second kappa shape index (κ2) is 5.17. The third-order valence-corrected chi connectivity index (χ3v) is 3.65. The van der Waals surface area contributed by atoms with Gasteiger partial charge in [0.15, 0.2) is 5.82 Å². The molecule has 1 unspecified atom stereocenters. The highest BCUT2D eigenvalue weighted by atomic mass is 16.5. The minimum Gasteiger partial charge on any atom is -0.339 e. The molecular formula is C13H23N3O. The lowest BCUT2D eigenvalue weighted by Gasteiger charge is -1.96. The van der Waals surface area contributed by atoms with E-state index >= 15 is 0 Å². The first-order valence-corrected chi connectivity index (χ1v) is 6.66. The van der Waals surface area contributed by atoms with Crippen LogP contribution >= 0.6 is 0 Å². The van der Waals surface area contributed by atoms with E-state index in [0.717, 1.165) is 37.5 Å². The summed E-state index contributed by atoms with van der Waals surface area (Å²) in [7, 11) is 0. The predicted molar refractivity (Wildman–Crippen MR) is 66.7 cm³/mol. The summed E-state index contributed by atoms with van der Waals surface area (Å²) in [6, 6.07) is 0. The van der Waals surface area contributed by atoms with Gasteiger partial charge in [-0.05, 0) is 31.2 Å². The first-order valence-electron chi connectivity index (χ1n) is 6.66. The summed E-state index contributed by atoms with van der Waals surface area (Å²) in [4.78, 5) is 4.48. The largest absolute Gasteiger partial charge is 0.339 e. The van der Waals surface area contributed by atoms with Crippen LogP contribution in [0, 0.1) is 5.41 Å². The molecule has 1 heterocycles. The molecule has 1 aromatic heterocycles. The smallest absolute Gasteiger partial charge is 0.226 e. The van der Waals surface area contributed by atoms with Crippen molar-refractivity contribution in [1.82, 2.24) is 10.1 Å². The van der Waals surface area contributed by atoms with Crippen LogP contribution in [0.5, 0.6) is 0 Å². The van der Waals surface area contributed by atoms with Gasteiger partial charge in [0.2, 0.25) is 5.89 Å². The number of hydrogen-bond acceptors (Lipinski definition) is 4. The Morgan fingerprint density at radius 3 is 2.65 bits per heavy atom. The molecule has 1 fully saturated rings. The molecule has 0 amide bonds. The first kappa shape index (κ1) is 12.6. The molecule has 0 spiro atoms. The minimum atomic E-state index is 0.377. The van der Waals surface area contributed by atoms with Crippen LogP contribution in [0.25, 0.3) is 0 Å². The average Bonchev–Trinajstić information content (AvgIpc) is 2.75. The van der Waals surface area contributed by atoms with E-state index in [1.165, 1.54) is 19.3 Å². The number of nitrogens with zero attached hydrogens (tertiary/aromatic N) is 2. The SMILES string of the molecule is CC1(C)CC1c1noc(CCCCCCN)n1. The van der Waals surface area contributed by atoms with Crippen molar-refractivity contribution in [2.45, 2.75) is 58.3 Å². The molecule has 96 valence electrons. The molecule has 1 saturated carbocycles. The molecule has 1 aromatic rings. The molecule has 17 heavy (non-hydrogen) atoms. The van der Waals surface area contributed by atoms with Crippen molar-refractivity contribution in [2.24, 2.45) is 11.1 Å². The summed E-state index contributed by atoms with van der Waals surface area (Å²) < 4.78 is 5.28. The fourth-order valence-corrected chi connectivity index (χ4v) is 2.19. The summed E-state index contributed by atoms with van der Waals surface area (Å²) in [6.07, 6.45) is 6.73. The Kier molecular flexibility index (Phi) is 3.82. The van der Waals surface area contributed by atoms with Crippen LogP contribution in [0.15, 0.2) is 4.52 Å². The van der Waals surface area contributed by atoms with Crippen molar-refractivity contribution < 1.29 is 4.52 Å². The lowest BCUT2D eigenvalue weighted by atomic mass is 10.1.